The molecule has 0 unspecified atom stereocenters. The fraction of sp³-hybridized carbons (Fsp3) is 0.632. The predicted octanol–water partition coefficient (Wildman–Crippen LogP) is 10.5. The standard InChI is InChI=1S/C22H42.C16H20O2Si/c1-3-5-7-9-11-13-17-21-19-15-16-20-22(21)18-14-12-10-8-6-4-2;1-13-9-5-7-11-15(13)19(17-3,18-4)16-12-8-6-10-14(16)2/h3-20H2,1-2H3;5-12H,1-4H3. The van der Waals surface area contributed by atoms with Crippen molar-refractivity contribution in [1.29, 1.82) is 0 Å². The molecular weight excluding hydrogens is 517 g/mol. The lowest BCUT2D eigenvalue weighted by Crippen LogP contribution is -2.63. The Bertz CT molecular complexity index is 916. The smallest absolute Gasteiger partial charge is 0.391 e. The van der Waals surface area contributed by atoms with E-state index in [0.717, 1.165) is 0 Å². The van der Waals surface area contributed by atoms with Crippen molar-refractivity contribution >= 4 is 18.9 Å². The topological polar surface area (TPSA) is 18.5 Å². The van der Waals surface area contributed by atoms with Crippen LogP contribution in [0.25, 0.3) is 0 Å². The Morgan fingerprint density at radius 3 is 1.27 bits per heavy atom. The molecule has 41 heavy (non-hydrogen) atoms. The molecule has 0 fully saturated rings. The lowest BCUT2D eigenvalue weighted by atomic mass is 9.86. The van der Waals surface area contributed by atoms with E-state index >= 15 is 0 Å². The fourth-order valence-corrected chi connectivity index (χ4v) is 9.60. The molecule has 2 nitrogen and oxygen atoms in total. The molecule has 3 heteroatoms. The molecule has 0 aliphatic heterocycles. The first-order chi connectivity index (χ1) is 20.0. The number of benzene rings is 2. The van der Waals surface area contributed by atoms with Crippen molar-refractivity contribution in [3.05, 3.63) is 70.8 Å². The molecular formula is C38H62O2Si. The van der Waals surface area contributed by atoms with Crippen molar-refractivity contribution in [2.24, 2.45) is 0 Å². The molecule has 0 spiro atoms. The van der Waals surface area contributed by atoms with Crippen LogP contribution in [0.2, 0.25) is 0 Å². The molecule has 0 saturated carbocycles. The van der Waals surface area contributed by atoms with Crippen molar-refractivity contribution in [2.75, 3.05) is 14.2 Å². The second-order valence-electron chi connectivity index (χ2n) is 12.1. The summed E-state index contributed by atoms with van der Waals surface area (Å²) in [6, 6.07) is 16.6. The SMILES string of the molecule is CCCCCCCCC1=C(CCCCCCCC)CCCC1.CO[Si](OC)(c1ccccc1C)c1ccccc1C. The van der Waals surface area contributed by atoms with Crippen molar-refractivity contribution in [1.82, 2.24) is 0 Å². The Labute approximate surface area is 255 Å². The molecule has 0 N–H and O–H groups in total. The summed E-state index contributed by atoms with van der Waals surface area (Å²) in [4.78, 5) is 0. The maximum atomic E-state index is 5.94. The van der Waals surface area contributed by atoms with Crippen LogP contribution < -0.4 is 10.4 Å². The van der Waals surface area contributed by atoms with Gasteiger partial charge in [-0.15, -0.1) is 0 Å². The van der Waals surface area contributed by atoms with Gasteiger partial charge in [0.2, 0.25) is 0 Å². The van der Waals surface area contributed by atoms with Gasteiger partial charge in [0.05, 0.1) is 0 Å². The molecule has 1 aliphatic carbocycles. The second kappa shape index (κ2) is 21.1. The van der Waals surface area contributed by atoms with Crippen LogP contribution in [0.3, 0.4) is 0 Å². The van der Waals surface area contributed by atoms with Gasteiger partial charge in [-0.05, 0) is 76.3 Å². The van der Waals surface area contributed by atoms with Crippen LogP contribution in [-0.2, 0) is 8.85 Å². The number of rotatable bonds is 18. The summed E-state index contributed by atoms with van der Waals surface area (Å²) < 4.78 is 11.9. The van der Waals surface area contributed by atoms with Gasteiger partial charge in [0.15, 0.2) is 0 Å². The Kier molecular flexibility index (Phi) is 18.3. The number of hydrogen-bond donors (Lipinski definition) is 0. The highest BCUT2D eigenvalue weighted by atomic mass is 28.4. The Morgan fingerprint density at radius 2 is 0.902 bits per heavy atom. The summed E-state index contributed by atoms with van der Waals surface area (Å²) in [5, 5.41) is 2.35. The van der Waals surface area contributed by atoms with E-state index in [-0.39, 0.29) is 0 Å². The molecule has 0 saturated heterocycles. The zero-order valence-corrected chi connectivity index (χ0v) is 28.7. The highest BCUT2D eigenvalue weighted by molar-refractivity contribution is 6.93. The Balaban J connectivity index is 0.000000289. The molecule has 230 valence electrons. The van der Waals surface area contributed by atoms with Gasteiger partial charge in [-0.2, -0.15) is 0 Å². The van der Waals surface area contributed by atoms with E-state index in [0.29, 0.717) is 0 Å². The van der Waals surface area contributed by atoms with Gasteiger partial charge in [-0.1, -0.05) is 138 Å². The predicted molar refractivity (Wildman–Crippen MR) is 183 cm³/mol. The van der Waals surface area contributed by atoms with E-state index in [1.807, 2.05) is 35.4 Å². The van der Waals surface area contributed by atoms with Gasteiger partial charge in [0.1, 0.15) is 0 Å². The summed E-state index contributed by atoms with van der Waals surface area (Å²) in [6.45, 7) is 8.82. The van der Waals surface area contributed by atoms with E-state index < -0.39 is 8.56 Å². The molecule has 0 atom stereocenters. The Hall–Kier alpha value is -1.68. The van der Waals surface area contributed by atoms with Crippen molar-refractivity contribution in [2.45, 2.75) is 143 Å². The lowest BCUT2D eigenvalue weighted by molar-refractivity contribution is 0.272. The third-order valence-electron chi connectivity index (χ3n) is 8.95. The van der Waals surface area contributed by atoms with E-state index in [1.54, 1.807) is 14.2 Å². The first-order valence-electron chi connectivity index (χ1n) is 17.0. The minimum Gasteiger partial charge on any atom is -0.391 e. The highest BCUT2D eigenvalue weighted by Crippen LogP contribution is 2.32. The first kappa shape index (κ1) is 35.5. The monoisotopic (exact) mass is 578 g/mol. The average Bonchev–Trinajstić information content (AvgIpc) is 3.00. The molecule has 0 aromatic heterocycles. The van der Waals surface area contributed by atoms with E-state index in [2.05, 4.69) is 52.0 Å². The molecule has 1 aliphatic rings. The summed E-state index contributed by atoms with van der Waals surface area (Å²) in [6.07, 6.45) is 26.0. The summed E-state index contributed by atoms with van der Waals surface area (Å²) in [7, 11) is 0.905. The van der Waals surface area contributed by atoms with Gasteiger partial charge in [-0.3, -0.25) is 0 Å². The third kappa shape index (κ3) is 11.8. The molecule has 0 radical (unpaired) electrons. The second-order valence-corrected chi connectivity index (χ2v) is 15.2. The van der Waals surface area contributed by atoms with Gasteiger partial charge in [0.25, 0.3) is 0 Å². The van der Waals surface area contributed by atoms with Crippen LogP contribution in [0.4, 0.5) is 0 Å². The van der Waals surface area contributed by atoms with E-state index in [9.17, 15) is 0 Å². The van der Waals surface area contributed by atoms with Gasteiger partial charge in [0, 0.05) is 24.6 Å². The molecule has 2 aromatic rings. The van der Waals surface area contributed by atoms with Crippen molar-refractivity contribution in [3.8, 4) is 0 Å². The van der Waals surface area contributed by atoms with Gasteiger partial charge in [-0.25, -0.2) is 0 Å². The number of allylic oxidation sites excluding steroid dienone is 2. The largest absolute Gasteiger partial charge is 0.407 e. The lowest BCUT2D eigenvalue weighted by Gasteiger charge is -2.30. The maximum absolute atomic E-state index is 5.94. The summed E-state index contributed by atoms with van der Waals surface area (Å²) in [5.74, 6) is 0. The van der Waals surface area contributed by atoms with Crippen LogP contribution in [-0.4, -0.2) is 22.8 Å². The molecule has 0 heterocycles. The van der Waals surface area contributed by atoms with Crippen LogP contribution in [0.5, 0.6) is 0 Å². The van der Waals surface area contributed by atoms with Crippen molar-refractivity contribution in [3.63, 3.8) is 0 Å². The highest BCUT2D eigenvalue weighted by Gasteiger charge is 2.42. The zero-order valence-electron chi connectivity index (χ0n) is 27.7. The fourth-order valence-electron chi connectivity index (χ4n) is 6.42. The molecule has 0 bridgehead atoms. The summed E-state index contributed by atoms with van der Waals surface area (Å²) >= 11 is 0. The van der Waals surface area contributed by atoms with Crippen LogP contribution in [0.1, 0.15) is 141 Å². The van der Waals surface area contributed by atoms with Crippen LogP contribution >= 0.6 is 0 Å². The third-order valence-corrected chi connectivity index (χ3v) is 12.6. The van der Waals surface area contributed by atoms with Gasteiger partial charge >= 0.3 is 8.56 Å². The first-order valence-corrected chi connectivity index (χ1v) is 18.8. The summed E-state index contributed by atoms with van der Waals surface area (Å²) in [5.41, 5.74) is 6.19. The number of unbranched alkanes of at least 4 members (excludes halogenated alkanes) is 10. The molecule has 3 rings (SSSR count). The quantitative estimate of drug-likeness (QED) is 0.0995. The average molecular weight is 579 g/mol. The zero-order chi connectivity index (χ0) is 29.8. The minimum absolute atomic E-state index is 1.18. The normalized spacial score (nSPS) is 13.7. The molecule has 0 amide bonds. The van der Waals surface area contributed by atoms with E-state index in [1.165, 1.54) is 137 Å². The van der Waals surface area contributed by atoms with Gasteiger partial charge < -0.3 is 8.85 Å². The van der Waals surface area contributed by atoms with Crippen molar-refractivity contribution < 1.29 is 8.85 Å². The maximum Gasteiger partial charge on any atom is 0.407 e. The Morgan fingerprint density at radius 1 is 0.537 bits per heavy atom. The minimum atomic E-state index is -2.58. The molecule has 2 aromatic carbocycles. The van der Waals surface area contributed by atoms with E-state index in [4.69, 9.17) is 8.85 Å². The number of aryl methyl sites for hydroxylation is 2. The van der Waals surface area contributed by atoms with Crippen LogP contribution in [0, 0.1) is 13.8 Å². The number of hydrogen-bond acceptors (Lipinski definition) is 2. The van der Waals surface area contributed by atoms with Crippen LogP contribution in [0.15, 0.2) is 59.7 Å².